The second-order valence-electron chi connectivity index (χ2n) is 24.1. The van der Waals surface area contributed by atoms with Crippen molar-refractivity contribution in [2.24, 2.45) is 35.5 Å². The average molecular weight is 1200 g/mol. The number of nitrogens with zero attached hydrogens (tertiary/aromatic N) is 1. The Labute approximate surface area is 503 Å². The number of hydrogen-bond acceptors (Lipinski definition) is 19. The van der Waals surface area contributed by atoms with E-state index in [4.69, 9.17) is 28.1 Å². The Bertz CT molecular complexity index is 3030. The number of phenols is 3. The van der Waals surface area contributed by atoms with Gasteiger partial charge in [0.2, 0.25) is 17.0 Å². The average Bonchev–Trinajstić information content (AvgIpc) is 0.859. The number of aliphatic hydroxyl groups is 3. The van der Waals surface area contributed by atoms with Gasteiger partial charge in [0.1, 0.15) is 58.4 Å². The van der Waals surface area contributed by atoms with Crippen LogP contribution in [0.2, 0.25) is 0 Å². The molecule has 0 radical (unpaired) electrons. The lowest BCUT2D eigenvalue weighted by molar-refractivity contribution is -0.265. The summed E-state index contributed by atoms with van der Waals surface area (Å²) in [6.45, 7) is 12.7. The zero-order chi connectivity index (χ0) is 63.3. The van der Waals surface area contributed by atoms with Crippen molar-refractivity contribution in [2.75, 3.05) is 27.9 Å². The number of rotatable bonds is 7. The quantitative estimate of drug-likeness (QED) is 0.0662. The van der Waals surface area contributed by atoms with Gasteiger partial charge in [0.05, 0.1) is 24.4 Å². The summed E-state index contributed by atoms with van der Waals surface area (Å²) < 4.78 is 34.8. The summed E-state index contributed by atoms with van der Waals surface area (Å²) in [7, 11) is 4.52. The highest BCUT2D eigenvalue weighted by Gasteiger charge is 2.53. The van der Waals surface area contributed by atoms with Crippen LogP contribution in [0.1, 0.15) is 126 Å². The predicted molar refractivity (Wildman–Crippen MR) is 320 cm³/mol. The molecule has 1 aliphatic carbocycles. The fourth-order valence-corrected chi connectivity index (χ4v) is 12.2. The molecule has 3 aromatic rings. The molecular formula is C66H89NO19. The molecule has 472 valence electrons. The minimum absolute atomic E-state index is 0.0193. The van der Waals surface area contributed by atoms with Crippen LogP contribution >= 0.6 is 0 Å². The van der Waals surface area contributed by atoms with Gasteiger partial charge in [-0.15, -0.1) is 0 Å². The van der Waals surface area contributed by atoms with Crippen molar-refractivity contribution in [2.45, 2.75) is 180 Å². The molecule has 3 aliphatic heterocycles. The van der Waals surface area contributed by atoms with Gasteiger partial charge in [0.25, 0.3) is 11.7 Å². The smallest absolute Gasteiger partial charge is 0.329 e. The van der Waals surface area contributed by atoms with Gasteiger partial charge in [0, 0.05) is 76.2 Å². The highest BCUT2D eigenvalue weighted by atomic mass is 16.6. The van der Waals surface area contributed by atoms with Gasteiger partial charge in [-0.1, -0.05) is 71.1 Å². The largest absolute Gasteiger partial charge is 0.508 e. The Morgan fingerprint density at radius 3 is 2.16 bits per heavy atom. The van der Waals surface area contributed by atoms with E-state index in [-0.39, 0.29) is 83.0 Å². The number of aromatic hydroxyl groups is 4. The number of allylic oxidation sites excluding steroid dienone is 6. The number of phenolic OH excluding ortho intramolecular Hbond substituents is 3. The Morgan fingerprint density at radius 1 is 0.779 bits per heavy atom. The second kappa shape index (κ2) is 30.9. The number of benzene rings is 2. The summed E-state index contributed by atoms with van der Waals surface area (Å²) >= 11 is 0. The number of esters is 1. The molecule has 2 bridgehead atoms. The second-order valence-corrected chi connectivity index (χ2v) is 24.1. The molecule has 4 aliphatic rings. The molecule has 0 spiro atoms. The van der Waals surface area contributed by atoms with Gasteiger partial charge >= 0.3 is 5.97 Å². The van der Waals surface area contributed by atoms with Crippen LogP contribution in [0.5, 0.6) is 23.0 Å². The highest BCUT2D eigenvalue weighted by molar-refractivity contribution is 6.39. The monoisotopic (exact) mass is 1200 g/mol. The van der Waals surface area contributed by atoms with Crippen molar-refractivity contribution in [1.29, 1.82) is 0 Å². The van der Waals surface area contributed by atoms with Crippen LogP contribution in [-0.2, 0) is 47.7 Å². The first-order valence-corrected chi connectivity index (χ1v) is 29.9. The number of Topliss-reactive ketones (excluding diaryl/α,β-unsaturated/α-hetero) is 3. The van der Waals surface area contributed by atoms with Crippen molar-refractivity contribution < 1.29 is 87.8 Å². The number of hydrogen-bond donors (Lipinski definition) is 7. The molecule has 1 saturated carbocycles. The van der Waals surface area contributed by atoms with Crippen molar-refractivity contribution in [1.82, 2.24) is 4.90 Å². The normalized spacial score (nSPS) is 33.2. The molecule has 20 nitrogen and oxygen atoms in total. The summed E-state index contributed by atoms with van der Waals surface area (Å²) in [4.78, 5) is 83.9. The first-order valence-electron chi connectivity index (χ1n) is 29.9. The minimum atomic E-state index is -2.43. The summed E-state index contributed by atoms with van der Waals surface area (Å²) in [6.07, 6.45) is 11.2. The Balaban J connectivity index is 0.000000467. The van der Waals surface area contributed by atoms with Crippen LogP contribution in [0, 0.1) is 35.5 Å². The van der Waals surface area contributed by atoms with Gasteiger partial charge in [-0.25, -0.2) is 4.79 Å². The number of ether oxygens (including phenoxy) is 5. The van der Waals surface area contributed by atoms with E-state index < -0.39 is 101 Å². The van der Waals surface area contributed by atoms with E-state index >= 15 is 0 Å². The lowest BCUT2D eigenvalue weighted by atomic mass is 9.78. The van der Waals surface area contributed by atoms with Crippen LogP contribution in [0.25, 0.3) is 22.3 Å². The topological polar surface area (TPSA) is 307 Å². The summed E-state index contributed by atoms with van der Waals surface area (Å²) in [6, 6.07) is 6.68. The third kappa shape index (κ3) is 17.0. The van der Waals surface area contributed by atoms with Crippen molar-refractivity contribution in [3.8, 4) is 34.3 Å². The van der Waals surface area contributed by atoms with Gasteiger partial charge in [-0.2, -0.15) is 0 Å². The van der Waals surface area contributed by atoms with Gasteiger partial charge in [-0.05, 0) is 131 Å². The first kappa shape index (κ1) is 68.6. The lowest BCUT2D eigenvalue weighted by Crippen LogP contribution is -2.61. The van der Waals surface area contributed by atoms with Gasteiger partial charge in [-0.3, -0.25) is 24.0 Å². The molecule has 0 unspecified atom stereocenters. The Kier molecular flexibility index (Phi) is 24.6. The number of cyclic esters (lactones) is 1. The van der Waals surface area contributed by atoms with Crippen molar-refractivity contribution in [3.05, 3.63) is 94.2 Å². The molecule has 7 rings (SSSR count). The summed E-state index contributed by atoms with van der Waals surface area (Å²) in [5.74, 6) is -9.46. The zero-order valence-electron chi connectivity index (χ0n) is 51.2. The number of ketones is 3. The maximum absolute atomic E-state index is 14.4. The standard InChI is InChI=1S/C51H79NO13.C15H10O6/c1-30-16-12-11-13-17-31(2)42(61-8)28-38-21-19-36(7)51(60,65-38)48(57)49(58)52-23-15-14-18-39(52)50(59)64-43(33(4)26-37-20-22-40(53)44(27-37)62-9)29-41(54)32(3)25-35(6)46(56)47(63-10)45(55)34(5)24-30;16-8-3-1-7(2-4-8)15-14(20)13(19)12-10(18)5-9(17)6-11(12)21-15/h11-13,16-17,25,30,32-34,36-40,42-44,46-47,53,56,60H,14-15,18-24,26-29H2,1-10H3;1-6,16-18,20H/b13-11+,16-12+,31-17+,35-25+;/t30-,32-,33-,34-,36-,37+,38+,39+,40-,42+,43+,44-,46-,47+,51-;/m1./s1. The molecule has 4 heterocycles. The van der Waals surface area contributed by atoms with E-state index in [0.717, 1.165) is 18.1 Å². The van der Waals surface area contributed by atoms with Gasteiger partial charge < -0.3 is 68.7 Å². The molecule has 2 aromatic carbocycles. The lowest BCUT2D eigenvalue weighted by Gasteiger charge is -2.42. The van der Waals surface area contributed by atoms with Crippen LogP contribution in [-0.4, -0.2) is 152 Å². The number of methoxy groups -OCH3 is 3. The third-order valence-electron chi connectivity index (χ3n) is 17.5. The highest BCUT2D eigenvalue weighted by Crippen LogP contribution is 2.39. The first-order chi connectivity index (χ1) is 40.7. The number of aliphatic hydroxyl groups excluding tert-OH is 2. The molecule has 1 aromatic heterocycles. The molecule has 86 heavy (non-hydrogen) atoms. The molecule has 3 fully saturated rings. The van der Waals surface area contributed by atoms with E-state index in [1.807, 2.05) is 58.1 Å². The van der Waals surface area contributed by atoms with E-state index in [1.54, 1.807) is 41.1 Å². The number of fused-ring (bicyclic) bond motifs is 4. The molecular weight excluding hydrogens is 1110 g/mol. The maximum Gasteiger partial charge on any atom is 0.329 e. The molecule has 15 atom stereocenters. The number of piperidine rings is 1. The van der Waals surface area contributed by atoms with E-state index in [1.165, 1.54) is 42.3 Å². The number of carbonyl (C=O) groups is 5. The summed E-state index contributed by atoms with van der Waals surface area (Å²) in [5, 5.41) is 72.0. The van der Waals surface area contributed by atoms with Crippen molar-refractivity contribution >= 4 is 40.2 Å². The van der Waals surface area contributed by atoms with Crippen LogP contribution in [0.15, 0.2) is 93.2 Å². The fraction of sp³-hybridized carbons (Fsp3) is 0.576. The SMILES string of the molecule is CO[C@H]1C[C@@H]2CC[C@@H](C)[C@@](O)(O2)C(=O)C(=O)N2CCCC[C@H]2C(=O)O[C@H]([C@H](C)C[C@@H]2CC[C@@H](O)[C@H](OC)C2)CC(=O)[C@H](C)/C=C(\C)[C@@H](O)[C@@H](OC)C(=O)[C@H](C)C[C@H](C)/C=C/C=C/C=C/1C.O=c1c(O)c(-c2ccc(O)cc2)oc2cc(O)cc(O)c12. The van der Waals surface area contributed by atoms with Crippen molar-refractivity contribution in [3.63, 3.8) is 0 Å². The van der Waals surface area contributed by atoms with E-state index in [9.17, 15) is 64.5 Å². The maximum atomic E-state index is 14.4. The minimum Gasteiger partial charge on any atom is -0.508 e. The fourth-order valence-electron chi connectivity index (χ4n) is 12.2. The number of amides is 1. The molecule has 7 N–H and O–H groups in total. The third-order valence-corrected chi connectivity index (χ3v) is 17.5. The summed E-state index contributed by atoms with van der Waals surface area (Å²) in [5.41, 5.74) is 0.769. The molecule has 1 amide bonds. The molecule has 2 saturated heterocycles. The Morgan fingerprint density at radius 2 is 1.49 bits per heavy atom. The molecule has 20 heteroatoms. The zero-order valence-corrected chi connectivity index (χ0v) is 51.2. The predicted octanol–water partition coefficient (Wildman–Crippen LogP) is 8.46. The van der Waals surface area contributed by atoms with E-state index in [2.05, 4.69) is 0 Å². The van der Waals surface area contributed by atoms with E-state index in [0.29, 0.717) is 68.9 Å². The van der Waals surface area contributed by atoms with Gasteiger partial charge in [0.15, 0.2) is 11.5 Å². The van der Waals surface area contributed by atoms with Crippen LogP contribution in [0.3, 0.4) is 0 Å². The van der Waals surface area contributed by atoms with Crippen LogP contribution in [0.4, 0.5) is 0 Å². The Hall–Kier alpha value is -6.52. The number of carbonyl (C=O) groups excluding carboxylic acids is 5. The van der Waals surface area contributed by atoms with Crippen LogP contribution < -0.4 is 5.43 Å².